The molecule has 0 saturated carbocycles. The number of aliphatic hydroxyl groups is 1. The fourth-order valence-electron chi connectivity index (χ4n) is 2.39. The van der Waals surface area contributed by atoms with Gasteiger partial charge in [0.15, 0.2) is 0 Å². The van der Waals surface area contributed by atoms with Crippen LogP contribution in [0.15, 0.2) is 12.2 Å². The van der Waals surface area contributed by atoms with Crippen LogP contribution in [-0.4, -0.2) is 11.2 Å². The highest BCUT2D eigenvalue weighted by Crippen LogP contribution is 2.26. The molecule has 1 aliphatic carbocycles. The first kappa shape index (κ1) is 12.8. The van der Waals surface area contributed by atoms with Crippen LogP contribution in [0, 0.1) is 11.8 Å². The van der Waals surface area contributed by atoms with Crippen LogP contribution in [0.25, 0.3) is 0 Å². The fourth-order valence-corrected chi connectivity index (χ4v) is 2.39. The largest absolute Gasteiger partial charge is 0.393 e. The van der Waals surface area contributed by atoms with E-state index < -0.39 is 0 Å². The van der Waals surface area contributed by atoms with Crippen molar-refractivity contribution in [2.75, 3.05) is 0 Å². The summed E-state index contributed by atoms with van der Waals surface area (Å²) in [4.78, 5) is 0. The van der Waals surface area contributed by atoms with Gasteiger partial charge in [0.2, 0.25) is 0 Å². The van der Waals surface area contributed by atoms with Crippen LogP contribution in [0.4, 0.5) is 0 Å². The van der Waals surface area contributed by atoms with Crippen LogP contribution in [0.3, 0.4) is 0 Å². The Labute approximate surface area is 94.6 Å². The second kappa shape index (κ2) is 7.05. The molecule has 15 heavy (non-hydrogen) atoms. The molecule has 3 unspecified atom stereocenters. The van der Waals surface area contributed by atoms with E-state index in [0.29, 0.717) is 0 Å². The molecule has 0 aliphatic heterocycles. The van der Waals surface area contributed by atoms with E-state index in [4.69, 9.17) is 0 Å². The highest BCUT2D eigenvalue weighted by atomic mass is 16.3. The lowest BCUT2D eigenvalue weighted by Crippen LogP contribution is -2.10. The number of hydrogen-bond acceptors (Lipinski definition) is 1. The van der Waals surface area contributed by atoms with Gasteiger partial charge in [-0.1, -0.05) is 26.0 Å². The van der Waals surface area contributed by atoms with Crippen LogP contribution < -0.4 is 0 Å². The average molecular weight is 210 g/mol. The second-order valence-corrected chi connectivity index (χ2v) is 5.10. The van der Waals surface area contributed by atoms with Crippen molar-refractivity contribution in [2.45, 2.75) is 64.9 Å². The van der Waals surface area contributed by atoms with E-state index >= 15 is 0 Å². The third kappa shape index (κ3) is 5.36. The predicted octanol–water partition coefficient (Wildman–Crippen LogP) is 3.92. The van der Waals surface area contributed by atoms with Crippen molar-refractivity contribution in [1.29, 1.82) is 0 Å². The smallest absolute Gasteiger partial charge is 0.0537 e. The molecule has 1 nitrogen and oxygen atoms in total. The van der Waals surface area contributed by atoms with Crippen LogP contribution in [0.1, 0.15) is 58.8 Å². The molecule has 0 aromatic rings. The van der Waals surface area contributed by atoms with Crippen molar-refractivity contribution in [3.63, 3.8) is 0 Å². The maximum absolute atomic E-state index is 9.50. The lowest BCUT2D eigenvalue weighted by Gasteiger charge is -2.21. The number of aliphatic hydroxyl groups excluding tert-OH is 1. The predicted molar refractivity (Wildman–Crippen MR) is 65.8 cm³/mol. The minimum atomic E-state index is -0.0747. The molecule has 1 N–H and O–H groups in total. The summed E-state index contributed by atoms with van der Waals surface area (Å²) in [6.07, 6.45) is 13.0. The Bertz CT molecular complexity index is 186. The molecule has 88 valence electrons. The summed E-state index contributed by atoms with van der Waals surface area (Å²) in [7, 11) is 0. The van der Waals surface area contributed by atoms with E-state index in [2.05, 4.69) is 26.0 Å². The summed E-state index contributed by atoms with van der Waals surface area (Å²) in [5.74, 6) is 1.58. The van der Waals surface area contributed by atoms with E-state index in [1.165, 1.54) is 32.1 Å². The SMILES string of the molecule is CCC(O)CCC(C)CC1C=CCCC1. The minimum Gasteiger partial charge on any atom is -0.393 e. The standard InChI is InChI=1S/C14H26O/c1-3-14(15)10-9-12(2)11-13-7-5-4-6-8-13/h5,7,12-15H,3-4,6,8-11H2,1-2H3. The highest BCUT2D eigenvalue weighted by Gasteiger charge is 2.13. The molecule has 0 fully saturated rings. The number of allylic oxidation sites excluding steroid dienone is 2. The molecule has 0 spiro atoms. The maximum Gasteiger partial charge on any atom is 0.0537 e. The quantitative estimate of drug-likeness (QED) is 0.659. The molecule has 0 aromatic heterocycles. The molecule has 1 heteroatoms. The third-order valence-electron chi connectivity index (χ3n) is 3.52. The summed E-state index contributed by atoms with van der Waals surface area (Å²) < 4.78 is 0. The van der Waals surface area contributed by atoms with Gasteiger partial charge in [0.1, 0.15) is 0 Å². The summed E-state index contributed by atoms with van der Waals surface area (Å²) in [6.45, 7) is 4.38. The Kier molecular flexibility index (Phi) is 6.00. The molecule has 0 radical (unpaired) electrons. The fraction of sp³-hybridized carbons (Fsp3) is 0.857. The van der Waals surface area contributed by atoms with Gasteiger partial charge in [-0.25, -0.2) is 0 Å². The van der Waals surface area contributed by atoms with Crippen molar-refractivity contribution in [1.82, 2.24) is 0 Å². The first-order chi connectivity index (χ1) is 7.22. The Hall–Kier alpha value is -0.300. The normalized spacial score (nSPS) is 25.1. The zero-order valence-electron chi connectivity index (χ0n) is 10.3. The van der Waals surface area contributed by atoms with Gasteiger partial charge in [-0.05, 0) is 56.8 Å². The molecule has 0 bridgehead atoms. The van der Waals surface area contributed by atoms with E-state index in [-0.39, 0.29) is 6.10 Å². The maximum atomic E-state index is 9.50. The first-order valence-electron chi connectivity index (χ1n) is 6.57. The van der Waals surface area contributed by atoms with Gasteiger partial charge in [-0.15, -0.1) is 0 Å². The summed E-state index contributed by atoms with van der Waals surface area (Å²) in [5, 5.41) is 9.50. The summed E-state index contributed by atoms with van der Waals surface area (Å²) in [5.41, 5.74) is 0. The molecule has 0 heterocycles. The average Bonchev–Trinajstić information content (AvgIpc) is 2.27. The second-order valence-electron chi connectivity index (χ2n) is 5.10. The molecule has 0 amide bonds. The van der Waals surface area contributed by atoms with E-state index in [1.54, 1.807) is 0 Å². The van der Waals surface area contributed by atoms with E-state index in [0.717, 1.165) is 24.7 Å². The summed E-state index contributed by atoms with van der Waals surface area (Å²) in [6, 6.07) is 0. The molecular formula is C14H26O. The van der Waals surface area contributed by atoms with Crippen molar-refractivity contribution in [3.05, 3.63) is 12.2 Å². The monoisotopic (exact) mass is 210 g/mol. The zero-order valence-corrected chi connectivity index (χ0v) is 10.3. The van der Waals surface area contributed by atoms with Gasteiger partial charge in [0, 0.05) is 0 Å². The highest BCUT2D eigenvalue weighted by molar-refractivity contribution is 4.93. The Morgan fingerprint density at radius 3 is 2.80 bits per heavy atom. The number of hydrogen-bond donors (Lipinski definition) is 1. The lowest BCUT2D eigenvalue weighted by atomic mass is 9.86. The van der Waals surface area contributed by atoms with Crippen molar-refractivity contribution >= 4 is 0 Å². The van der Waals surface area contributed by atoms with Gasteiger partial charge in [0.05, 0.1) is 6.10 Å². The molecular weight excluding hydrogens is 184 g/mol. The summed E-state index contributed by atoms with van der Waals surface area (Å²) >= 11 is 0. The molecule has 1 rings (SSSR count). The van der Waals surface area contributed by atoms with Crippen molar-refractivity contribution in [2.24, 2.45) is 11.8 Å². The topological polar surface area (TPSA) is 20.2 Å². The van der Waals surface area contributed by atoms with Crippen LogP contribution in [-0.2, 0) is 0 Å². The zero-order chi connectivity index (χ0) is 11.1. The van der Waals surface area contributed by atoms with Gasteiger partial charge in [-0.3, -0.25) is 0 Å². The van der Waals surface area contributed by atoms with E-state index in [1.807, 2.05) is 0 Å². The molecule has 0 aromatic carbocycles. The Balaban J connectivity index is 2.14. The molecule has 3 atom stereocenters. The third-order valence-corrected chi connectivity index (χ3v) is 3.52. The van der Waals surface area contributed by atoms with Gasteiger partial charge < -0.3 is 5.11 Å². The lowest BCUT2D eigenvalue weighted by molar-refractivity contribution is 0.149. The first-order valence-corrected chi connectivity index (χ1v) is 6.57. The van der Waals surface area contributed by atoms with Gasteiger partial charge in [-0.2, -0.15) is 0 Å². The number of rotatable bonds is 6. The van der Waals surface area contributed by atoms with Gasteiger partial charge >= 0.3 is 0 Å². The van der Waals surface area contributed by atoms with Crippen LogP contribution in [0.2, 0.25) is 0 Å². The van der Waals surface area contributed by atoms with Gasteiger partial charge in [0.25, 0.3) is 0 Å². The van der Waals surface area contributed by atoms with E-state index in [9.17, 15) is 5.11 Å². The Morgan fingerprint density at radius 1 is 1.40 bits per heavy atom. The molecule has 1 aliphatic rings. The molecule has 0 saturated heterocycles. The Morgan fingerprint density at radius 2 is 2.20 bits per heavy atom. The van der Waals surface area contributed by atoms with Crippen molar-refractivity contribution in [3.8, 4) is 0 Å². The van der Waals surface area contributed by atoms with Crippen molar-refractivity contribution < 1.29 is 5.11 Å². The minimum absolute atomic E-state index is 0.0747. The van der Waals surface area contributed by atoms with Crippen LogP contribution >= 0.6 is 0 Å². The van der Waals surface area contributed by atoms with Crippen LogP contribution in [0.5, 0.6) is 0 Å².